The zero-order valence-corrected chi connectivity index (χ0v) is 15.3. The maximum absolute atomic E-state index is 9.04. The molecule has 0 unspecified atom stereocenters. The van der Waals surface area contributed by atoms with E-state index in [0.717, 1.165) is 50.4 Å². The van der Waals surface area contributed by atoms with Crippen molar-refractivity contribution in [2.75, 3.05) is 31.6 Å². The van der Waals surface area contributed by atoms with Gasteiger partial charge in [-0.2, -0.15) is 0 Å². The molecule has 0 radical (unpaired) electrons. The lowest BCUT2D eigenvalue weighted by atomic mass is 10.0. The number of hydrogen-bond acceptors (Lipinski definition) is 7. The quantitative estimate of drug-likeness (QED) is 0.848. The van der Waals surface area contributed by atoms with Crippen LogP contribution in [0.4, 0.5) is 5.82 Å². The van der Waals surface area contributed by atoms with Crippen LogP contribution in [-0.2, 0) is 32.2 Å². The van der Waals surface area contributed by atoms with Gasteiger partial charge in [0.1, 0.15) is 17.2 Å². The van der Waals surface area contributed by atoms with Crippen LogP contribution in [0.2, 0.25) is 0 Å². The van der Waals surface area contributed by atoms with Crippen LogP contribution in [0.25, 0.3) is 0 Å². The Labute approximate surface area is 152 Å². The molecule has 3 heterocycles. The number of aliphatic hydroxyl groups excluding tert-OH is 1. The van der Waals surface area contributed by atoms with Crippen LogP contribution in [0, 0.1) is 0 Å². The smallest absolute Gasteiger partial charge is 0.132 e. The molecule has 0 fully saturated rings. The second kappa shape index (κ2) is 7.76. The van der Waals surface area contributed by atoms with Gasteiger partial charge < -0.3 is 10.4 Å². The molecule has 4 rings (SSSR count). The van der Waals surface area contributed by atoms with Gasteiger partial charge in [-0.1, -0.05) is 0 Å². The third-order valence-electron chi connectivity index (χ3n) is 5.03. The van der Waals surface area contributed by atoms with Gasteiger partial charge >= 0.3 is 0 Å². The second-order valence-corrected chi connectivity index (χ2v) is 7.93. The van der Waals surface area contributed by atoms with E-state index in [4.69, 9.17) is 10.1 Å². The Kier molecular flexibility index (Phi) is 5.24. The first-order chi connectivity index (χ1) is 12.3. The number of aryl methyl sites for hydroxylation is 2. The summed E-state index contributed by atoms with van der Waals surface area (Å²) < 4.78 is 0. The molecular weight excluding hydrogens is 334 g/mol. The number of hydrogen-bond donors (Lipinski definition) is 2. The number of aliphatic hydroxyl groups is 1. The van der Waals surface area contributed by atoms with Gasteiger partial charge in [-0.05, 0) is 32.1 Å². The first kappa shape index (κ1) is 16.9. The fourth-order valence-electron chi connectivity index (χ4n) is 3.72. The Morgan fingerprint density at radius 2 is 1.96 bits per heavy atom. The molecule has 2 aromatic heterocycles. The molecule has 1 aliphatic heterocycles. The molecule has 0 saturated heterocycles. The van der Waals surface area contributed by atoms with E-state index in [1.54, 1.807) is 6.33 Å². The van der Waals surface area contributed by atoms with Crippen molar-refractivity contribution in [3.05, 3.63) is 33.2 Å². The van der Waals surface area contributed by atoms with Crippen LogP contribution in [0.5, 0.6) is 0 Å². The van der Waals surface area contributed by atoms with Crippen molar-refractivity contribution in [3.8, 4) is 0 Å². The fourth-order valence-corrected chi connectivity index (χ4v) is 4.92. The summed E-state index contributed by atoms with van der Waals surface area (Å²) in [6, 6.07) is 0. The molecule has 0 spiro atoms. The van der Waals surface area contributed by atoms with Gasteiger partial charge in [0.05, 0.1) is 24.5 Å². The molecule has 134 valence electrons. The first-order valence-corrected chi connectivity index (χ1v) is 10.0. The molecule has 2 aliphatic rings. The van der Waals surface area contributed by atoms with E-state index in [9.17, 15) is 0 Å². The van der Waals surface area contributed by atoms with Crippen LogP contribution in [-0.4, -0.2) is 51.2 Å². The predicted octanol–water partition coefficient (Wildman–Crippen LogP) is 1.82. The third kappa shape index (κ3) is 3.83. The summed E-state index contributed by atoms with van der Waals surface area (Å²) in [6.07, 6.45) is 8.49. The maximum atomic E-state index is 9.04. The minimum atomic E-state index is 0.111. The van der Waals surface area contributed by atoms with Gasteiger partial charge in [0, 0.05) is 36.5 Å². The number of fused-ring (bicyclic) bond motifs is 2. The van der Waals surface area contributed by atoms with Crippen LogP contribution in [0.1, 0.15) is 39.7 Å². The number of nitrogens with one attached hydrogen (secondary N) is 1. The van der Waals surface area contributed by atoms with E-state index >= 15 is 0 Å². The fraction of sp³-hybridized carbons (Fsp3) is 0.611. The Bertz CT molecular complexity index is 709. The molecule has 1 aliphatic carbocycles. The lowest BCUT2D eigenvalue weighted by Crippen LogP contribution is -2.26. The lowest BCUT2D eigenvalue weighted by molar-refractivity contribution is 0.278. The third-order valence-corrected chi connectivity index (χ3v) is 6.17. The van der Waals surface area contributed by atoms with Crippen LogP contribution in [0.3, 0.4) is 0 Å². The van der Waals surface area contributed by atoms with Gasteiger partial charge in [-0.3, -0.25) is 4.90 Å². The molecule has 25 heavy (non-hydrogen) atoms. The number of rotatable bonds is 5. The van der Waals surface area contributed by atoms with Gasteiger partial charge in [-0.25, -0.2) is 15.0 Å². The highest BCUT2D eigenvalue weighted by atomic mass is 32.1. The molecular formula is C18H25N5OS. The van der Waals surface area contributed by atoms with Crippen molar-refractivity contribution in [3.63, 3.8) is 0 Å². The van der Waals surface area contributed by atoms with E-state index in [1.165, 1.54) is 40.4 Å². The number of thiazole rings is 1. The summed E-state index contributed by atoms with van der Waals surface area (Å²) in [5.41, 5.74) is 3.69. The Morgan fingerprint density at radius 1 is 1.08 bits per heavy atom. The monoisotopic (exact) mass is 359 g/mol. The molecule has 0 saturated carbocycles. The summed E-state index contributed by atoms with van der Waals surface area (Å²) in [7, 11) is 0. The van der Waals surface area contributed by atoms with Gasteiger partial charge in [0.2, 0.25) is 0 Å². The van der Waals surface area contributed by atoms with E-state index in [2.05, 4.69) is 20.2 Å². The minimum absolute atomic E-state index is 0.111. The molecule has 0 amide bonds. The van der Waals surface area contributed by atoms with Gasteiger partial charge in [-0.15, -0.1) is 11.3 Å². The summed E-state index contributed by atoms with van der Waals surface area (Å²) >= 11 is 1.91. The highest BCUT2D eigenvalue weighted by Crippen LogP contribution is 2.28. The summed E-state index contributed by atoms with van der Waals surface area (Å²) in [6.45, 7) is 3.59. The average Bonchev–Trinajstić information content (AvgIpc) is 2.93. The van der Waals surface area contributed by atoms with Crippen molar-refractivity contribution in [2.24, 2.45) is 0 Å². The van der Waals surface area contributed by atoms with Crippen molar-refractivity contribution in [1.29, 1.82) is 0 Å². The highest BCUT2D eigenvalue weighted by Gasteiger charge is 2.21. The minimum Gasteiger partial charge on any atom is -0.395 e. The van der Waals surface area contributed by atoms with Crippen LogP contribution >= 0.6 is 11.3 Å². The highest BCUT2D eigenvalue weighted by molar-refractivity contribution is 7.11. The van der Waals surface area contributed by atoms with E-state index < -0.39 is 0 Å². The van der Waals surface area contributed by atoms with Crippen LogP contribution in [0.15, 0.2) is 6.33 Å². The predicted molar refractivity (Wildman–Crippen MR) is 99.0 cm³/mol. The second-order valence-electron chi connectivity index (χ2n) is 6.76. The SMILES string of the molecule is OCCNc1ncnc2c1CCN(Cc1nc3c(s1)CCCC3)CC2. The molecule has 0 bridgehead atoms. The molecule has 0 atom stereocenters. The topological polar surface area (TPSA) is 74.2 Å². The summed E-state index contributed by atoms with van der Waals surface area (Å²) in [5, 5.41) is 13.5. The van der Waals surface area contributed by atoms with E-state index in [-0.39, 0.29) is 6.61 Å². The molecule has 2 aromatic rings. The number of nitrogens with zero attached hydrogens (tertiary/aromatic N) is 4. The molecule has 6 nitrogen and oxygen atoms in total. The standard InChI is InChI=1S/C18H25N5OS/c24-10-7-19-18-13-5-8-23(9-6-14(13)20-12-21-18)11-17-22-15-3-1-2-4-16(15)25-17/h12,24H,1-11H2,(H,19,20,21). The Balaban J connectivity index is 1.44. The molecule has 2 N–H and O–H groups in total. The largest absolute Gasteiger partial charge is 0.395 e. The van der Waals surface area contributed by atoms with Gasteiger partial charge in [0.15, 0.2) is 0 Å². The Morgan fingerprint density at radius 3 is 2.84 bits per heavy atom. The lowest BCUT2D eigenvalue weighted by Gasteiger charge is -2.17. The first-order valence-electron chi connectivity index (χ1n) is 9.21. The number of aromatic nitrogens is 3. The normalized spacial score (nSPS) is 17.6. The average molecular weight is 359 g/mol. The summed E-state index contributed by atoms with van der Waals surface area (Å²) in [4.78, 5) is 17.7. The van der Waals surface area contributed by atoms with Crippen molar-refractivity contribution in [2.45, 2.75) is 45.1 Å². The van der Waals surface area contributed by atoms with Crippen molar-refractivity contribution >= 4 is 17.2 Å². The van der Waals surface area contributed by atoms with Crippen molar-refractivity contribution in [1.82, 2.24) is 19.9 Å². The number of anilines is 1. The van der Waals surface area contributed by atoms with Crippen molar-refractivity contribution < 1.29 is 5.11 Å². The molecule has 0 aromatic carbocycles. The van der Waals surface area contributed by atoms with Crippen LogP contribution < -0.4 is 5.32 Å². The zero-order chi connectivity index (χ0) is 17.1. The zero-order valence-electron chi connectivity index (χ0n) is 14.5. The molecule has 7 heteroatoms. The van der Waals surface area contributed by atoms with E-state index in [1.807, 2.05) is 11.3 Å². The summed E-state index contributed by atoms with van der Waals surface area (Å²) in [5.74, 6) is 0.880. The van der Waals surface area contributed by atoms with Gasteiger partial charge in [0.25, 0.3) is 0 Å². The van der Waals surface area contributed by atoms with E-state index in [0.29, 0.717) is 6.54 Å². The maximum Gasteiger partial charge on any atom is 0.132 e. The Hall–Kier alpha value is -1.57.